The molecule has 4 N–H and O–H groups in total. The van der Waals surface area contributed by atoms with Gasteiger partial charge in [0.2, 0.25) is 0 Å². The highest BCUT2D eigenvalue weighted by Gasteiger charge is 2.29. The fraction of sp³-hybridized carbons (Fsp3) is 0.214. The van der Waals surface area contributed by atoms with Gasteiger partial charge in [-0.1, -0.05) is 6.07 Å². The first kappa shape index (κ1) is 27.0. The Morgan fingerprint density at radius 1 is 1.13 bits per heavy atom. The highest BCUT2D eigenvalue weighted by atomic mass is 16.5. The van der Waals surface area contributed by atoms with E-state index in [1.54, 1.807) is 69.3 Å². The molecular weight excluding hydrogens is 502 g/mol. The smallest absolute Gasteiger partial charge is 0.337 e. The number of carboxylic acids is 1. The maximum Gasteiger partial charge on any atom is 0.337 e. The van der Waals surface area contributed by atoms with Crippen LogP contribution >= 0.6 is 0 Å². The molecule has 0 aliphatic heterocycles. The van der Waals surface area contributed by atoms with E-state index in [0.717, 1.165) is 0 Å². The van der Waals surface area contributed by atoms with Crippen LogP contribution < -0.4 is 20.1 Å². The van der Waals surface area contributed by atoms with Gasteiger partial charge < -0.3 is 30.3 Å². The molecule has 0 saturated heterocycles. The van der Waals surface area contributed by atoms with Crippen molar-refractivity contribution in [1.29, 1.82) is 5.26 Å². The van der Waals surface area contributed by atoms with Crippen LogP contribution in [0, 0.1) is 18.3 Å². The quantitative estimate of drug-likeness (QED) is 0.238. The van der Waals surface area contributed by atoms with Crippen LogP contribution in [0.2, 0.25) is 0 Å². The van der Waals surface area contributed by atoms with Crippen LogP contribution in [0.1, 0.15) is 35.3 Å². The molecule has 2 aromatic heterocycles. The number of nitrogens with zero attached hydrogens (tertiary/aromatic N) is 3. The van der Waals surface area contributed by atoms with Crippen molar-refractivity contribution in [3.8, 4) is 23.3 Å². The Morgan fingerprint density at radius 2 is 1.85 bits per heavy atom. The zero-order valence-corrected chi connectivity index (χ0v) is 21.6. The summed E-state index contributed by atoms with van der Waals surface area (Å²) < 4.78 is 13.2. The Morgan fingerprint density at radius 3 is 2.51 bits per heavy atom. The second-order valence-corrected chi connectivity index (χ2v) is 9.13. The number of carbonyl (C=O) groups is 2. The summed E-state index contributed by atoms with van der Waals surface area (Å²) in [7, 11) is 0. The van der Waals surface area contributed by atoms with E-state index in [0.29, 0.717) is 39.7 Å². The molecule has 0 saturated carbocycles. The molecule has 0 aliphatic rings. The Balaban J connectivity index is 1.51. The summed E-state index contributed by atoms with van der Waals surface area (Å²) in [6.07, 6.45) is 2.79. The number of anilines is 2. The van der Waals surface area contributed by atoms with E-state index in [1.165, 1.54) is 16.9 Å². The standard InChI is InChI=1S/C28H27N5O6/c1-17-23(26(35)36)16-33-25(17)24(18(14-29)15-31-33)32-19-7-9-20(10-8-19)38-21-5-4-6-22(13-21)39-28(2,3)27(37)30-11-12-34/h4-10,13,15-16,32,34H,11-12H2,1-3H3,(H,30,37)(H,35,36). The van der Waals surface area contributed by atoms with Gasteiger partial charge in [0.1, 0.15) is 23.3 Å². The Hall–Kier alpha value is -5.08. The largest absolute Gasteiger partial charge is 0.478 e. The van der Waals surface area contributed by atoms with Crippen molar-refractivity contribution < 1.29 is 29.3 Å². The number of aromatic nitrogens is 2. The lowest BCUT2D eigenvalue weighted by atomic mass is 10.1. The number of benzene rings is 2. The van der Waals surface area contributed by atoms with E-state index in [9.17, 15) is 20.0 Å². The summed E-state index contributed by atoms with van der Waals surface area (Å²) >= 11 is 0. The molecule has 0 aliphatic carbocycles. The first-order chi connectivity index (χ1) is 18.6. The number of hydrogen-bond acceptors (Lipinski definition) is 8. The molecule has 11 heteroatoms. The highest BCUT2D eigenvalue weighted by molar-refractivity contribution is 5.96. The van der Waals surface area contributed by atoms with E-state index >= 15 is 0 Å². The third-order valence-corrected chi connectivity index (χ3v) is 5.89. The van der Waals surface area contributed by atoms with Crippen molar-refractivity contribution in [3.05, 3.63) is 77.6 Å². The van der Waals surface area contributed by atoms with Crippen LogP contribution in [0.5, 0.6) is 17.2 Å². The Kier molecular flexibility index (Phi) is 7.69. The van der Waals surface area contributed by atoms with Crippen LogP contribution in [0.15, 0.2) is 60.9 Å². The SMILES string of the molecule is Cc1c(C(=O)O)cn2ncc(C#N)c(Nc3ccc(Oc4cccc(OC(C)(C)C(=O)NCCO)c4)cc3)c12. The van der Waals surface area contributed by atoms with Gasteiger partial charge in [0.25, 0.3) is 5.91 Å². The zero-order chi connectivity index (χ0) is 28.2. The molecule has 0 spiro atoms. The van der Waals surface area contributed by atoms with Gasteiger partial charge in [-0.05, 0) is 62.7 Å². The number of carbonyl (C=O) groups excluding carboxylic acids is 1. The summed E-state index contributed by atoms with van der Waals surface area (Å²) in [4.78, 5) is 23.9. The van der Waals surface area contributed by atoms with Crippen LogP contribution in [0.4, 0.5) is 11.4 Å². The van der Waals surface area contributed by atoms with Gasteiger partial charge >= 0.3 is 5.97 Å². The van der Waals surface area contributed by atoms with E-state index in [2.05, 4.69) is 21.8 Å². The van der Waals surface area contributed by atoms with Gasteiger partial charge in [0.15, 0.2) is 5.60 Å². The van der Waals surface area contributed by atoms with Gasteiger partial charge in [-0.2, -0.15) is 10.4 Å². The molecule has 0 fully saturated rings. The lowest BCUT2D eigenvalue weighted by Gasteiger charge is -2.25. The van der Waals surface area contributed by atoms with Crippen LogP contribution in [-0.4, -0.2) is 50.5 Å². The minimum absolute atomic E-state index is 0.102. The molecule has 1 amide bonds. The van der Waals surface area contributed by atoms with Gasteiger partial charge in [-0.15, -0.1) is 0 Å². The van der Waals surface area contributed by atoms with Crippen LogP contribution in [0.25, 0.3) is 5.52 Å². The number of carboxylic acid groups (broad SMARTS) is 1. The molecule has 39 heavy (non-hydrogen) atoms. The molecule has 200 valence electrons. The monoisotopic (exact) mass is 529 g/mol. The summed E-state index contributed by atoms with van der Waals surface area (Å²) in [6, 6.07) is 16.0. The van der Waals surface area contributed by atoms with Gasteiger partial charge in [0.05, 0.1) is 35.1 Å². The van der Waals surface area contributed by atoms with Crippen molar-refractivity contribution >= 4 is 28.8 Å². The van der Waals surface area contributed by atoms with Gasteiger partial charge in [0, 0.05) is 24.5 Å². The fourth-order valence-electron chi connectivity index (χ4n) is 3.93. The molecule has 2 aromatic carbocycles. The van der Waals surface area contributed by atoms with E-state index < -0.39 is 11.6 Å². The number of aromatic carboxylic acids is 1. The predicted molar refractivity (Wildman–Crippen MR) is 143 cm³/mol. The Bertz CT molecular complexity index is 1570. The number of aryl methyl sites for hydroxylation is 1. The minimum atomic E-state index is -1.16. The number of nitrogens with one attached hydrogen (secondary N) is 2. The summed E-state index contributed by atoms with van der Waals surface area (Å²) in [6.45, 7) is 4.90. The predicted octanol–water partition coefficient (Wildman–Crippen LogP) is 4.01. The minimum Gasteiger partial charge on any atom is -0.478 e. The van der Waals surface area contributed by atoms with Crippen molar-refractivity contribution in [2.24, 2.45) is 0 Å². The number of fused-ring (bicyclic) bond motifs is 1. The first-order valence-corrected chi connectivity index (χ1v) is 12.0. The molecule has 4 rings (SSSR count). The first-order valence-electron chi connectivity index (χ1n) is 12.0. The van der Waals surface area contributed by atoms with Gasteiger partial charge in [-0.25, -0.2) is 9.31 Å². The van der Waals surface area contributed by atoms with Crippen molar-refractivity contribution in [2.45, 2.75) is 26.4 Å². The maximum atomic E-state index is 12.3. The number of aliphatic hydroxyl groups is 1. The fourth-order valence-corrected chi connectivity index (χ4v) is 3.93. The molecule has 0 unspecified atom stereocenters. The van der Waals surface area contributed by atoms with Crippen LogP contribution in [0.3, 0.4) is 0 Å². The number of amides is 1. The topological polar surface area (TPSA) is 158 Å². The van der Waals surface area contributed by atoms with E-state index in [1.807, 2.05) is 0 Å². The number of aliphatic hydroxyl groups excluding tert-OH is 1. The molecule has 0 bridgehead atoms. The van der Waals surface area contributed by atoms with E-state index in [-0.39, 0.29) is 30.2 Å². The second kappa shape index (κ2) is 11.1. The average molecular weight is 530 g/mol. The van der Waals surface area contributed by atoms with Crippen LogP contribution in [-0.2, 0) is 4.79 Å². The second-order valence-electron chi connectivity index (χ2n) is 9.13. The summed E-state index contributed by atoms with van der Waals surface area (Å²) in [5.41, 5.74) is 1.29. The average Bonchev–Trinajstić information content (AvgIpc) is 3.25. The third kappa shape index (κ3) is 5.92. The van der Waals surface area contributed by atoms with Crippen molar-refractivity contribution in [2.75, 3.05) is 18.5 Å². The number of ether oxygens (including phenoxy) is 2. The third-order valence-electron chi connectivity index (χ3n) is 5.89. The molecule has 0 radical (unpaired) electrons. The summed E-state index contributed by atoms with van der Waals surface area (Å²) in [5, 5.41) is 38.0. The number of hydrogen-bond donors (Lipinski definition) is 4. The lowest BCUT2D eigenvalue weighted by molar-refractivity contribution is -0.134. The van der Waals surface area contributed by atoms with Crippen molar-refractivity contribution in [3.63, 3.8) is 0 Å². The molecular formula is C28H27N5O6. The normalized spacial score (nSPS) is 11.1. The zero-order valence-electron chi connectivity index (χ0n) is 21.6. The number of nitriles is 1. The summed E-state index contributed by atoms with van der Waals surface area (Å²) in [5.74, 6) is 0.0277. The molecule has 4 aromatic rings. The maximum absolute atomic E-state index is 12.3. The van der Waals surface area contributed by atoms with Gasteiger partial charge in [-0.3, -0.25) is 4.79 Å². The van der Waals surface area contributed by atoms with E-state index in [4.69, 9.17) is 14.6 Å². The Labute approximate surface area is 224 Å². The van der Waals surface area contributed by atoms with Crippen molar-refractivity contribution in [1.82, 2.24) is 14.9 Å². The molecule has 11 nitrogen and oxygen atoms in total. The molecule has 2 heterocycles. The lowest BCUT2D eigenvalue weighted by Crippen LogP contribution is -2.47. The number of rotatable bonds is 10. The molecule has 0 atom stereocenters. The highest BCUT2D eigenvalue weighted by Crippen LogP contribution is 2.32.